The molecule has 0 saturated heterocycles. The minimum Gasteiger partial charge on any atom is -0.334 e. The molecular weight excluding hydrogens is 288 g/mol. The highest BCUT2D eigenvalue weighted by Gasteiger charge is 2.11. The SMILES string of the molecule is C=CCNC(=O)NC(=O)CSc1nc2ccccc2n1C. The number of amides is 3. The number of urea groups is 1. The second-order valence-corrected chi connectivity index (χ2v) is 5.22. The molecule has 2 rings (SSSR count). The molecule has 1 aromatic heterocycles. The summed E-state index contributed by atoms with van der Waals surface area (Å²) in [4.78, 5) is 27.4. The van der Waals surface area contributed by atoms with Crippen LogP contribution in [0.25, 0.3) is 11.0 Å². The van der Waals surface area contributed by atoms with Crippen LogP contribution < -0.4 is 10.6 Å². The number of imidazole rings is 1. The number of fused-ring (bicyclic) bond motifs is 1. The van der Waals surface area contributed by atoms with Crippen molar-refractivity contribution < 1.29 is 9.59 Å². The number of carbonyl (C=O) groups excluding carboxylic acids is 2. The number of benzene rings is 1. The number of para-hydroxylation sites is 2. The first-order chi connectivity index (χ1) is 10.1. The number of aryl methyl sites for hydroxylation is 1. The van der Waals surface area contributed by atoms with Crippen molar-refractivity contribution in [3.8, 4) is 0 Å². The molecular formula is C14H16N4O2S. The van der Waals surface area contributed by atoms with Gasteiger partial charge in [0.1, 0.15) is 0 Å². The summed E-state index contributed by atoms with van der Waals surface area (Å²) in [7, 11) is 1.90. The van der Waals surface area contributed by atoms with E-state index in [4.69, 9.17) is 0 Å². The van der Waals surface area contributed by atoms with E-state index in [1.807, 2.05) is 35.9 Å². The Morgan fingerprint density at radius 1 is 1.43 bits per heavy atom. The lowest BCUT2D eigenvalue weighted by Gasteiger charge is -2.04. The molecule has 1 heterocycles. The minimum absolute atomic E-state index is 0.124. The molecule has 7 heteroatoms. The second kappa shape index (κ2) is 6.94. The van der Waals surface area contributed by atoms with Crippen LogP contribution in [0.3, 0.4) is 0 Å². The number of nitrogens with one attached hydrogen (secondary N) is 2. The molecule has 0 aliphatic carbocycles. The van der Waals surface area contributed by atoms with Crippen LogP contribution in [-0.4, -0.2) is 33.8 Å². The lowest BCUT2D eigenvalue weighted by molar-refractivity contribution is -0.117. The fraction of sp³-hybridized carbons (Fsp3) is 0.214. The number of aromatic nitrogens is 2. The van der Waals surface area contributed by atoms with Crippen LogP contribution in [0, 0.1) is 0 Å². The molecule has 0 saturated carbocycles. The maximum absolute atomic E-state index is 11.7. The normalized spacial score (nSPS) is 10.3. The highest BCUT2D eigenvalue weighted by Crippen LogP contribution is 2.22. The zero-order valence-corrected chi connectivity index (χ0v) is 12.4. The molecule has 0 bridgehead atoms. The highest BCUT2D eigenvalue weighted by atomic mass is 32.2. The van der Waals surface area contributed by atoms with Gasteiger partial charge in [-0.05, 0) is 12.1 Å². The minimum atomic E-state index is -0.523. The summed E-state index contributed by atoms with van der Waals surface area (Å²) in [5, 5.41) is 5.45. The summed E-state index contributed by atoms with van der Waals surface area (Å²) in [6.45, 7) is 3.79. The van der Waals surface area contributed by atoms with E-state index in [1.165, 1.54) is 17.8 Å². The summed E-state index contributed by atoms with van der Waals surface area (Å²) in [6.07, 6.45) is 1.54. The van der Waals surface area contributed by atoms with Crippen LogP contribution in [0.4, 0.5) is 4.79 Å². The Morgan fingerprint density at radius 3 is 2.90 bits per heavy atom. The van der Waals surface area contributed by atoms with Crippen molar-refractivity contribution in [2.45, 2.75) is 5.16 Å². The first kappa shape index (κ1) is 15.1. The Morgan fingerprint density at radius 2 is 2.19 bits per heavy atom. The van der Waals surface area contributed by atoms with E-state index < -0.39 is 6.03 Å². The first-order valence-electron chi connectivity index (χ1n) is 6.34. The summed E-state index contributed by atoms with van der Waals surface area (Å²) in [5.74, 6) is -0.243. The monoisotopic (exact) mass is 304 g/mol. The quantitative estimate of drug-likeness (QED) is 0.651. The molecule has 0 unspecified atom stereocenters. The van der Waals surface area contributed by atoms with E-state index in [2.05, 4.69) is 22.2 Å². The fourth-order valence-corrected chi connectivity index (χ4v) is 2.54. The number of imide groups is 1. The van der Waals surface area contributed by atoms with Crippen LogP contribution in [0.15, 0.2) is 42.1 Å². The molecule has 0 atom stereocenters. The van der Waals surface area contributed by atoms with E-state index in [0.29, 0.717) is 6.54 Å². The van der Waals surface area contributed by atoms with Gasteiger partial charge in [0.15, 0.2) is 5.16 Å². The van der Waals surface area contributed by atoms with Gasteiger partial charge in [0.05, 0.1) is 16.8 Å². The molecule has 0 spiro atoms. The number of hydrogen-bond acceptors (Lipinski definition) is 4. The van der Waals surface area contributed by atoms with E-state index in [1.54, 1.807) is 0 Å². The van der Waals surface area contributed by atoms with Crippen LogP contribution in [0.5, 0.6) is 0 Å². The third-order valence-electron chi connectivity index (χ3n) is 2.74. The number of hydrogen-bond donors (Lipinski definition) is 2. The Hall–Kier alpha value is -2.28. The Kier molecular flexibility index (Phi) is 4.99. The Bertz CT molecular complexity index is 681. The lowest BCUT2D eigenvalue weighted by Crippen LogP contribution is -2.40. The predicted octanol–water partition coefficient (Wildman–Crippen LogP) is 1.68. The molecule has 2 N–H and O–H groups in total. The Labute approximate surface area is 126 Å². The van der Waals surface area contributed by atoms with Gasteiger partial charge >= 0.3 is 6.03 Å². The van der Waals surface area contributed by atoms with Crippen molar-refractivity contribution in [1.29, 1.82) is 0 Å². The van der Waals surface area contributed by atoms with Gasteiger partial charge in [-0.3, -0.25) is 10.1 Å². The van der Waals surface area contributed by atoms with Gasteiger partial charge < -0.3 is 9.88 Å². The van der Waals surface area contributed by atoms with Crippen molar-refractivity contribution in [3.05, 3.63) is 36.9 Å². The van der Waals surface area contributed by atoms with E-state index >= 15 is 0 Å². The van der Waals surface area contributed by atoms with Gasteiger partial charge in [-0.15, -0.1) is 6.58 Å². The molecule has 0 aliphatic rings. The number of nitrogens with zero attached hydrogens (tertiary/aromatic N) is 2. The van der Waals surface area contributed by atoms with Crippen molar-refractivity contribution >= 4 is 34.7 Å². The summed E-state index contributed by atoms with van der Waals surface area (Å²) < 4.78 is 1.92. The zero-order valence-electron chi connectivity index (χ0n) is 11.6. The molecule has 0 radical (unpaired) electrons. The van der Waals surface area contributed by atoms with E-state index in [0.717, 1.165) is 16.2 Å². The number of carbonyl (C=O) groups is 2. The largest absolute Gasteiger partial charge is 0.334 e. The van der Waals surface area contributed by atoms with Crippen LogP contribution >= 0.6 is 11.8 Å². The second-order valence-electron chi connectivity index (χ2n) is 4.28. The Balaban J connectivity index is 1.92. The first-order valence-corrected chi connectivity index (χ1v) is 7.33. The van der Waals surface area contributed by atoms with Gasteiger partial charge in [-0.1, -0.05) is 30.0 Å². The van der Waals surface area contributed by atoms with Gasteiger partial charge in [-0.2, -0.15) is 0 Å². The predicted molar refractivity (Wildman–Crippen MR) is 83.2 cm³/mol. The smallest absolute Gasteiger partial charge is 0.321 e. The molecule has 0 fully saturated rings. The maximum Gasteiger partial charge on any atom is 0.321 e. The number of rotatable bonds is 5. The van der Waals surface area contributed by atoms with Crippen LogP contribution in [0.1, 0.15) is 0 Å². The molecule has 110 valence electrons. The third-order valence-corrected chi connectivity index (χ3v) is 3.77. The molecule has 2 aromatic rings. The maximum atomic E-state index is 11.7. The average molecular weight is 304 g/mol. The van der Waals surface area contributed by atoms with Crippen molar-refractivity contribution in [2.75, 3.05) is 12.3 Å². The molecule has 3 amide bonds. The van der Waals surface area contributed by atoms with E-state index in [-0.39, 0.29) is 11.7 Å². The summed E-state index contributed by atoms with van der Waals surface area (Å²) in [6, 6.07) is 7.22. The van der Waals surface area contributed by atoms with Crippen LogP contribution in [0.2, 0.25) is 0 Å². The summed E-state index contributed by atoms with van der Waals surface area (Å²) >= 11 is 1.29. The average Bonchev–Trinajstić information content (AvgIpc) is 2.80. The van der Waals surface area contributed by atoms with Crippen molar-refractivity contribution in [3.63, 3.8) is 0 Å². The zero-order chi connectivity index (χ0) is 15.2. The van der Waals surface area contributed by atoms with Crippen molar-refractivity contribution in [2.24, 2.45) is 7.05 Å². The highest BCUT2D eigenvalue weighted by molar-refractivity contribution is 7.99. The fourth-order valence-electron chi connectivity index (χ4n) is 1.75. The van der Waals surface area contributed by atoms with Gasteiger partial charge in [0, 0.05) is 13.6 Å². The molecule has 6 nitrogen and oxygen atoms in total. The molecule has 0 aliphatic heterocycles. The van der Waals surface area contributed by atoms with Crippen LogP contribution in [-0.2, 0) is 11.8 Å². The lowest BCUT2D eigenvalue weighted by atomic mass is 10.3. The standard InChI is InChI=1S/C14H16N4O2S/c1-3-8-15-13(20)17-12(19)9-21-14-16-10-6-4-5-7-11(10)18(14)2/h3-7H,1,8-9H2,2H3,(H2,15,17,19,20). The van der Waals surface area contributed by atoms with Crippen molar-refractivity contribution in [1.82, 2.24) is 20.2 Å². The summed E-state index contributed by atoms with van der Waals surface area (Å²) in [5.41, 5.74) is 1.88. The van der Waals surface area contributed by atoms with Gasteiger partial charge in [0.25, 0.3) is 0 Å². The molecule has 1 aromatic carbocycles. The van der Waals surface area contributed by atoms with Gasteiger partial charge in [-0.25, -0.2) is 9.78 Å². The number of thioether (sulfide) groups is 1. The topological polar surface area (TPSA) is 76.0 Å². The third kappa shape index (κ3) is 3.85. The van der Waals surface area contributed by atoms with Gasteiger partial charge in [0.2, 0.25) is 5.91 Å². The molecule has 21 heavy (non-hydrogen) atoms. The van der Waals surface area contributed by atoms with E-state index in [9.17, 15) is 9.59 Å².